The molecule has 0 saturated heterocycles. The fraction of sp³-hybridized carbons (Fsp3) is 0.571. The minimum absolute atomic E-state index is 0. The SMILES string of the molecule is C=CC(=O)OC(CC)CS(=O)(=O)[O-].[Na+]. The maximum absolute atomic E-state index is 10.6. The van der Waals surface area contributed by atoms with E-state index in [0.717, 1.165) is 6.08 Å². The van der Waals surface area contributed by atoms with E-state index in [4.69, 9.17) is 0 Å². The number of hydrogen-bond donors (Lipinski definition) is 0. The van der Waals surface area contributed by atoms with Crippen LogP contribution in [0, 0.1) is 0 Å². The van der Waals surface area contributed by atoms with E-state index in [2.05, 4.69) is 11.3 Å². The smallest absolute Gasteiger partial charge is 0.748 e. The van der Waals surface area contributed by atoms with Crippen LogP contribution in [0.1, 0.15) is 13.3 Å². The Morgan fingerprint density at radius 2 is 2.14 bits per heavy atom. The Morgan fingerprint density at radius 1 is 1.64 bits per heavy atom. The molecule has 0 radical (unpaired) electrons. The molecule has 1 atom stereocenters. The van der Waals surface area contributed by atoms with E-state index in [1.165, 1.54) is 0 Å². The van der Waals surface area contributed by atoms with Crippen LogP contribution in [0.2, 0.25) is 0 Å². The summed E-state index contributed by atoms with van der Waals surface area (Å²) >= 11 is 0. The third-order valence-electron chi connectivity index (χ3n) is 1.29. The van der Waals surface area contributed by atoms with Gasteiger partial charge in [-0.3, -0.25) is 0 Å². The second kappa shape index (κ2) is 7.42. The van der Waals surface area contributed by atoms with Gasteiger partial charge in [-0.1, -0.05) is 13.5 Å². The molecule has 0 heterocycles. The molecule has 0 rings (SSSR count). The van der Waals surface area contributed by atoms with Crippen molar-refractivity contribution in [1.29, 1.82) is 0 Å². The summed E-state index contributed by atoms with van der Waals surface area (Å²) in [4.78, 5) is 10.6. The number of rotatable bonds is 5. The number of ether oxygens (including phenoxy) is 1. The molecule has 0 aliphatic carbocycles. The maximum Gasteiger partial charge on any atom is 1.00 e. The third kappa shape index (κ3) is 8.71. The van der Waals surface area contributed by atoms with E-state index >= 15 is 0 Å². The Labute approximate surface area is 106 Å². The van der Waals surface area contributed by atoms with Crippen LogP contribution in [-0.2, 0) is 19.6 Å². The van der Waals surface area contributed by atoms with Crippen molar-refractivity contribution in [3.63, 3.8) is 0 Å². The zero-order valence-electron chi connectivity index (χ0n) is 8.23. The van der Waals surface area contributed by atoms with Gasteiger partial charge in [0.1, 0.15) is 6.10 Å². The normalized spacial score (nSPS) is 12.4. The Bertz CT molecular complexity index is 284. The molecule has 0 N–H and O–H groups in total. The summed E-state index contributed by atoms with van der Waals surface area (Å²) in [6.45, 7) is 4.76. The fourth-order valence-corrected chi connectivity index (χ4v) is 1.43. The molecule has 0 bridgehead atoms. The van der Waals surface area contributed by atoms with Crippen molar-refractivity contribution in [2.75, 3.05) is 5.75 Å². The molecule has 5 nitrogen and oxygen atoms in total. The zero-order valence-corrected chi connectivity index (χ0v) is 11.0. The quantitative estimate of drug-likeness (QED) is 0.218. The van der Waals surface area contributed by atoms with Gasteiger partial charge in [-0.15, -0.1) is 0 Å². The number of carbonyl (C=O) groups excluding carboxylic acids is 1. The van der Waals surface area contributed by atoms with Crippen molar-refractivity contribution < 1.29 is 52.1 Å². The second-order valence-electron chi connectivity index (χ2n) is 2.40. The average Bonchev–Trinajstić information content (AvgIpc) is 2.00. The number of hydrogen-bond acceptors (Lipinski definition) is 5. The maximum atomic E-state index is 10.6. The second-order valence-corrected chi connectivity index (χ2v) is 3.84. The molecule has 7 heteroatoms. The van der Waals surface area contributed by atoms with Crippen LogP contribution in [0.4, 0.5) is 0 Å². The molecule has 0 aromatic heterocycles. The summed E-state index contributed by atoms with van der Waals surface area (Å²) in [5.41, 5.74) is 0. The van der Waals surface area contributed by atoms with Gasteiger partial charge in [0.15, 0.2) is 0 Å². The average molecular weight is 230 g/mol. The largest absolute Gasteiger partial charge is 1.00 e. The van der Waals surface area contributed by atoms with Crippen LogP contribution < -0.4 is 29.6 Å². The predicted molar refractivity (Wildman–Crippen MR) is 44.9 cm³/mol. The van der Waals surface area contributed by atoms with E-state index < -0.39 is 27.9 Å². The Balaban J connectivity index is 0. The van der Waals surface area contributed by atoms with Crippen molar-refractivity contribution in [3.8, 4) is 0 Å². The van der Waals surface area contributed by atoms with Crippen LogP contribution in [0.15, 0.2) is 12.7 Å². The molecule has 0 aliphatic heterocycles. The summed E-state index contributed by atoms with van der Waals surface area (Å²) in [6, 6.07) is 0. The molecule has 0 aromatic carbocycles. The summed E-state index contributed by atoms with van der Waals surface area (Å²) in [5, 5.41) is 0. The number of esters is 1. The standard InChI is InChI=1S/C7H12O5S.Na/c1-3-6(5-13(9,10)11)12-7(8)4-2;/h4,6H,2-3,5H2,1H3,(H,9,10,11);/q;+1/p-1. The molecule has 0 aromatic rings. The van der Waals surface area contributed by atoms with Crippen molar-refractivity contribution in [2.24, 2.45) is 0 Å². The molecular formula is C7H11NaO5S. The van der Waals surface area contributed by atoms with Crippen molar-refractivity contribution in [1.82, 2.24) is 0 Å². The Morgan fingerprint density at radius 3 is 2.43 bits per heavy atom. The predicted octanol–water partition coefficient (Wildman–Crippen LogP) is -2.96. The third-order valence-corrected chi connectivity index (χ3v) is 2.07. The van der Waals surface area contributed by atoms with E-state index in [1.54, 1.807) is 6.92 Å². The van der Waals surface area contributed by atoms with E-state index in [1.807, 2.05) is 0 Å². The minimum atomic E-state index is -4.35. The van der Waals surface area contributed by atoms with Crippen molar-refractivity contribution in [2.45, 2.75) is 19.4 Å². The molecular weight excluding hydrogens is 219 g/mol. The van der Waals surface area contributed by atoms with Gasteiger partial charge in [0.2, 0.25) is 0 Å². The molecule has 0 amide bonds. The molecule has 0 fully saturated rings. The van der Waals surface area contributed by atoms with Crippen molar-refractivity contribution >= 4 is 16.1 Å². The first kappa shape index (κ1) is 16.5. The summed E-state index contributed by atoms with van der Waals surface area (Å²) in [7, 11) is -4.35. The molecule has 0 saturated carbocycles. The summed E-state index contributed by atoms with van der Waals surface area (Å²) in [5.74, 6) is -1.42. The van der Waals surface area contributed by atoms with E-state index in [9.17, 15) is 17.8 Å². The van der Waals surface area contributed by atoms with Gasteiger partial charge in [0.05, 0.1) is 15.9 Å². The summed E-state index contributed by atoms with van der Waals surface area (Å²) in [6.07, 6.45) is 0.314. The van der Waals surface area contributed by atoms with Crippen LogP contribution in [0.25, 0.3) is 0 Å². The van der Waals surface area contributed by atoms with Crippen molar-refractivity contribution in [3.05, 3.63) is 12.7 Å². The Hall–Kier alpha value is 0.120. The molecule has 14 heavy (non-hydrogen) atoms. The van der Waals surface area contributed by atoms with Gasteiger partial charge in [0, 0.05) is 6.08 Å². The van der Waals surface area contributed by atoms with E-state index in [-0.39, 0.29) is 36.0 Å². The van der Waals surface area contributed by atoms with Crippen LogP contribution in [-0.4, -0.2) is 30.8 Å². The van der Waals surface area contributed by atoms with Crippen LogP contribution >= 0.6 is 0 Å². The van der Waals surface area contributed by atoms with Gasteiger partial charge >= 0.3 is 35.5 Å². The molecule has 76 valence electrons. The monoisotopic (exact) mass is 230 g/mol. The van der Waals surface area contributed by atoms with Crippen LogP contribution in [0.5, 0.6) is 0 Å². The van der Waals surface area contributed by atoms with Gasteiger partial charge in [0.25, 0.3) is 0 Å². The van der Waals surface area contributed by atoms with Gasteiger partial charge in [-0.25, -0.2) is 13.2 Å². The first-order valence-electron chi connectivity index (χ1n) is 3.65. The zero-order chi connectivity index (χ0) is 10.5. The molecule has 0 spiro atoms. The van der Waals surface area contributed by atoms with Crippen LogP contribution in [0.3, 0.4) is 0 Å². The Kier molecular flexibility index (Phi) is 8.77. The molecule has 0 aliphatic rings. The summed E-state index contributed by atoms with van der Waals surface area (Å²) < 4.78 is 35.5. The first-order valence-corrected chi connectivity index (χ1v) is 5.23. The topological polar surface area (TPSA) is 83.5 Å². The van der Waals surface area contributed by atoms with Gasteiger partial charge in [-0.2, -0.15) is 0 Å². The number of carbonyl (C=O) groups is 1. The van der Waals surface area contributed by atoms with Gasteiger partial charge in [-0.05, 0) is 6.42 Å². The molecule has 1 unspecified atom stereocenters. The minimum Gasteiger partial charge on any atom is -0.748 e. The van der Waals surface area contributed by atoms with Gasteiger partial charge < -0.3 is 9.29 Å². The first-order chi connectivity index (χ1) is 5.89. The fourth-order valence-electron chi connectivity index (χ4n) is 0.675. The van der Waals surface area contributed by atoms with E-state index in [0.29, 0.717) is 0 Å².